The van der Waals surface area contributed by atoms with E-state index < -0.39 is 33.5 Å². The third kappa shape index (κ3) is 5.13. The number of carbonyl (C=O) groups excluding carboxylic acids is 1. The van der Waals surface area contributed by atoms with E-state index in [2.05, 4.69) is 0 Å². The zero-order chi connectivity index (χ0) is 22.7. The summed E-state index contributed by atoms with van der Waals surface area (Å²) in [5, 5.41) is 9.11. The van der Waals surface area contributed by atoms with Crippen molar-refractivity contribution in [1.82, 2.24) is 9.79 Å². The van der Waals surface area contributed by atoms with E-state index in [0.29, 0.717) is 12.8 Å². The summed E-state index contributed by atoms with van der Waals surface area (Å²) < 4.78 is 72.8. The Labute approximate surface area is 178 Å². The van der Waals surface area contributed by atoms with Crippen LogP contribution in [0, 0.1) is 0 Å². The van der Waals surface area contributed by atoms with Gasteiger partial charge in [0.1, 0.15) is 5.75 Å². The SMILES string of the molecule is O=C(NO)C1(S(=O)(=O)N2CCC(c3ccc(OCC(F)(F)F)cc3)CC2)CCOCC1. The summed E-state index contributed by atoms with van der Waals surface area (Å²) in [7, 11) is -4.04. The Balaban J connectivity index is 1.65. The molecule has 1 aromatic rings. The first kappa shape index (κ1) is 23.8. The van der Waals surface area contributed by atoms with Crippen molar-refractivity contribution in [3.8, 4) is 5.75 Å². The summed E-state index contributed by atoms with van der Waals surface area (Å²) in [6.07, 6.45) is -3.50. The van der Waals surface area contributed by atoms with E-state index in [9.17, 15) is 26.4 Å². The lowest BCUT2D eigenvalue weighted by molar-refractivity contribution is -0.153. The van der Waals surface area contributed by atoms with Crippen LogP contribution < -0.4 is 10.2 Å². The van der Waals surface area contributed by atoms with Gasteiger partial charge in [0.25, 0.3) is 5.91 Å². The zero-order valence-corrected chi connectivity index (χ0v) is 17.5. The molecular weight excluding hydrogens is 441 g/mol. The summed E-state index contributed by atoms with van der Waals surface area (Å²) in [6.45, 7) is -0.768. The van der Waals surface area contributed by atoms with Crippen LogP contribution in [0.2, 0.25) is 0 Å². The van der Waals surface area contributed by atoms with Crippen molar-refractivity contribution >= 4 is 15.9 Å². The Bertz CT molecular complexity index is 862. The van der Waals surface area contributed by atoms with Crippen LogP contribution in [0.4, 0.5) is 13.2 Å². The minimum absolute atomic E-state index is 0.0282. The smallest absolute Gasteiger partial charge is 0.422 e. The fourth-order valence-corrected chi connectivity index (χ4v) is 6.23. The molecule has 0 unspecified atom stereocenters. The standard InChI is InChI=1S/C19H25F3N2O6S/c20-19(21,22)13-30-16-3-1-14(2-4-16)15-5-9-24(10-6-15)31(27,28)18(17(25)23-26)7-11-29-12-8-18/h1-4,15,26H,5-13H2,(H,23,25). The second-order valence-electron chi connectivity index (χ2n) is 7.70. The molecule has 2 saturated heterocycles. The molecule has 0 radical (unpaired) electrons. The summed E-state index contributed by atoms with van der Waals surface area (Å²) >= 11 is 0. The van der Waals surface area contributed by atoms with Gasteiger partial charge in [-0.25, -0.2) is 18.2 Å². The van der Waals surface area contributed by atoms with Crippen LogP contribution in [0.5, 0.6) is 5.75 Å². The van der Waals surface area contributed by atoms with Gasteiger partial charge in [0.05, 0.1) is 0 Å². The molecule has 1 amide bonds. The number of nitrogens with one attached hydrogen (secondary N) is 1. The van der Waals surface area contributed by atoms with Crippen molar-refractivity contribution in [2.24, 2.45) is 0 Å². The number of hydrogen-bond donors (Lipinski definition) is 2. The maximum atomic E-state index is 13.3. The van der Waals surface area contributed by atoms with Crippen LogP contribution in [0.3, 0.4) is 0 Å². The summed E-state index contributed by atoms with van der Waals surface area (Å²) in [5.41, 5.74) is 2.38. The fourth-order valence-electron chi connectivity index (χ4n) is 4.08. The number of carbonyl (C=O) groups is 1. The van der Waals surface area contributed by atoms with Gasteiger partial charge in [-0.05, 0) is 36.5 Å². The maximum Gasteiger partial charge on any atom is 0.422 e. The van der Waals surface area contributed by atoms with E-state index in [1.54, 1.807) is 12.1 Å². The van der Waals surface area contributed by atoms with E-state index in [1.165, 1.54) is 21.9 Å². The number of halogens is 3. The van der Waals surface area contributed by atoms with E-state index in [0.717, 1.165) is 5.56 Å². The first-order chi connectivity index (χ1) is 14.6. The highest BCUT2D eigenvalue weighted by atomic mass is 32.2. The average molecular weight is 466 g/mol. The quantitative estimate of drug-likeness (QED) is 0.492. The van der Waals surface area contributed by atoms with Crippen LogP contribution in [0.1, 0.15) is 37.2 Å². The number of hydroxylamine groups is 1. The number of sulfonamides is 1. The number of hydrogen-bond acceptors (Lipinski definition) is 6. The minimum atomic E-state index is -4.41. The number of rotatable bonds is 6. The first-order valence-electron chi connectivity index (χ1n) is 9.90. The number of benzene rings is 1. The molecule has 0 aliphatic carbocycles. The highest BCUT2D eigenvalue weighted by Gasteiger charge is 2.54. The molecule has 0 atom stereocenters. The molecule has 1 aromatic carbocycles. The van der Waals surface area contributed by atoms with Gasteiger partial charge < -0.3 is 9.47 Å². The molecule has 12 heteroatoms. The second kappa shape index (κ2) is 9.31. The molecule has 0 bridgehead atoms. The van der Waals surface area contributed by atoms with Crippen molar-refractivity contribution in [2.75, 3.05) is 32.9 Å². The van der Waals surface area contributed by atoms with E-state index >= 15 is 0 Å². The normalized spacial score (nSPS) is 20.9. The van der Waals surface area contributed by atoms with Crippen LogP contribution >= 0.6 is 0 Å². The van der Waals surface area contributed by atoms with Gasteiger partial charge in [-0.3, -0.25) is 10.0 Å². The Hall–Kier alpha value is -1.89. The number of amides is 1. The Morgan fingerprint density at radius 2 is 1.77 bits per heavy atom. The molecule has 2 fully saturated rings. The molecular formula is C19H25F3N2O6S. The summed E-state index contributed by atoms with van der Waals surface area (Å²) in [4.78, 5) is 12.3. The molecule has 2 heterocycles. The van der Waals surface area contributed by atoms with Crippen molar-refractivity contribution < 1.29 is 41.1 Å². The van der Waals surface area contributed by atoms with Crippen LogP contribution in [0.15, 0.2) is 24.3 Å². The van der Waals surface area contributed by atoms with Crippen molar-refractivity contribution in [3.63, 3.8) is 0 Å². The van der Waals surface area contributed by atoms with Crippen LogP contribution in [-0.2, 0) is 19.6 Å². The molecule has 2 aliphatic heterocycles. The Morgan fingerprint density at radius 1 is 1.19 bits per heavy atom. The highest BCUT2D eigenvalue weighted by molar-refractivity contribution is 7.91. The van der Waals surface area contributed by atoms with Gasteiger partial charge in [0.15, 0.2) is 11.4 Å². The topological polar surface area (TPSA) is 105 Å². The zero-order valence-electron chi connectivity index (χ0n) is 16.7. The third-order valence-electron chi connectivity index (χ3n) is 5.86. The fraction of sp³-hybridized carbons (Fsp3) is 0.632. The van der Waals surface area contributed by atoms with Gasteiger partial charge in [-0.15, -0.1) is 0 Å². The lowest BCUT2D eigenvalue weighted by Gasteiger charge is -2.40. The number of nitrogens with zero attached hydrogens (tertiary/aromatic N) is 1. The summed E-state index contributed by atoms with van der Waals surface area (Å²) in [6, 6.07) is 6.29. The van der Waals surface area contributed by atoms with E-state index in [-0.39, 0.29) is 50.8 Å². The monoisotopic (exact) mass is 466 g/mol. The van der Waals surface area contributed by atoms with Crippen molar-refractivity contribution in [3.05, 3.63) is 29.8 Å². The lowest BCUT2D eigenvalue weighted by atomic mass is 9.90. The summed E-state index contributed by atoms with van der Waals surface area (Å²) in [5.74, 6) is -0.814. The first-order valence-corrected chi connectivity index (χ1v) is 11.3. The molecule has 0 aromatic heterocycles. The van der Waals surface area contributed by atoms with E-state index in [4.69, 9.17) is 14.7 Å². The largest absolute Gasteiger partial charge is 0.484 e. The average Bonchev–Trinajstić information content (AvgIpc) is 2.77. The number of piperidine rings is 1. The van der Waals surface area contributed by atoms with Crippen LogP contribution in [-0.4, -0.2) is 67.7 Å². The van der Waals surface area contributed by atoms with Gasteiger partial charge in [-0.2, -0.15) is 13.2 Å². The highest BCUT2D eigenvalue weighted by Crippen LogP contribution is 2.37. The predicted molar refractivity (Wildman–Crippen MR) is 103 cm³/mol. The molecule has 174 valence electrons. The second-order valence-corrected chi connectivity index (χ2v) is 9.95. The van der Waals surface area contributed by atoms with Crippen molar-refractivity contribution in [2.45, 2.75) is 42.5 Å². The predicted octanol–water partition coefficient (Wildman–Crippen LogP) is 2.19. The third-order valence-corrected chi connectivity index (χ3v) is 8.48. The van der Waals surface area contributed by atoms with Gasteiger partial charge in [0, 0.05) is 39.1 Å². The molecule has 2 N–H and O–H groups in total. The molecule has 31 heavy (non-hydrogen) atoms. The molecule has 0 spiro atoms. The van der Waals surface area contributed by atoms with E-state index in [1.807, 2.05) is 0 Å². The minimum Gasteiger partial charge on any atom is -0.484 e. The van der Waals surface area contributed by atoms with Gasteiger partial charge >= 0.3 is 6.18 Å². The van der Waals surface area contributed by atoms with Gasteiger partial charge in [0.2, 0.25) is 10.0 Å². The lowest BCUT2D eigenvalue weighted by Crippen LogP contribution is -2.60. The molecule has 3 rings (SSSR count). The number of alkyl halides is 3. The molecule has 2 aliphatic rings. The Morgan fingerprint density at radius 3 is 2.29 bits per heavy atom. The Kier molecular flexibility index (Phi) is 7.14. The molecule has 8 nitrogen and oxygen atoms in total. The number of ether oxygens (including phenoxy) is 2. The van der Waals surface area contributed by atoms with Gasteiger partial charge in [-0.1, -0.05) is 12.1 Å². The van der Waals surface area contributed by atoms with Crippen molar-refractivity contribution in [1.29, 1.82) is 0 Å². The maximum absolute atomic E-state index is 13.3. The van der Waals surface area contributed by atoms with Crippen LogP contribution in [0.25, 0.3) is 0 Å². The molecule has 0 saturated carbocycles.